The van der Waals surface area contributed by atoms with Crippen molar-refractivity contribution < 1.29 is 0 Å². The lowest BCUT2D eigenvalue weighted by molar-refractivity contribution is 0.128. The van der Waals surface area contributed by atoms with Crippen molar-refractivity contribution in [1.82, 2.24) is 9.80 Å². The van der Waals surface area contributed by atoms with Crippen LogP contribution in [0.25, 0.3) is 0 Å². The zero-order valence-corrected chi connectivity index (χ0v) is 12.8. The molecule has 3 heteroatoms. The molecule has 1 aliphatic heterocycles. The first-order chi connectivity index (χ1) is 9.79. The van der Waals surface area contributed by atoms with E-state index in [1.807, 2.05) is 0 Å². The lowest BCUT2D eigenvalue weighted by Gasteiger charge is -2.36. The molecule has 0 amide bonds. The van der Waals surface area contributed by atoms with Gasteiger partial charge in [-0.05, 0) is 64.5 Å². The minimum atomic E-state index is 0.759. The number of nitrogens with zero attached hydrogens (tertiary/aromatic N) is 2. The fourth-order valence-corrected chi connectivity index (χ4v) is 3.04. The summed E-state index contributed by atoms with van der Waals surface area (Å²) in [6.45, 7) is 5.63. The predicted octanol–water partition coefficient (Wildman–Crippen LogP) is 1.97. The zero-order chi connectivity index (χ0) is 14.2. The van der Waals surface area contributed by atoms with Gasteiger partial charge < -0.3 is 15.5 Å². The number of rotatable bonds is 7. The SMILES string of the molecule is CN(CCCN)C1CCN(CCc2ccccc2)CC1. The second-order valence-electron chi connectivity index (χ2n) is 5.93. The van der Waals surface area contributed by atoms with Crippen LogP contribution >= 0.6 is 0 Å². The minimum absolute atomic E-state index is 0.759. The van der Waals surface area contributed by atoms with Gasteiger partial charge in [0.15, 0.2) is 0 Å². The van der Waals surface area contributed by atoms with E-state index < -0.39 is 0 Å². The smallest absolute Gasteiger partial charge is 0.0117 e. The van der Waals surface area contributed by atoms with Crippen molar-refractivity contribution in [3.05, 3.63) is 35.9 Å². The maximum Gasteiger partial charge on any atom is 0.0117 e. The standard InChI is InChI=1S/C17H29N3/c1-19(12-5-11-18)17-9-14-20(15-10-17)13-8-16-6-3-2-4-7-16/h2-4,6-7,17H,5,8-15,18H2,1H3. The Morgan fingerprint density at radius 2 is 1.90 bits per heavy atom. The zero-order valence-electron chi connectivity index (χ0n) is 12.8. The largest absolute Gasteiger partial charge is 0.330 e. The minimum Gasteiger partial charge on any atom is -0.330 e. The highest BCUT2D eigenvalue weighted by Crippen LogP contribution is 2.16. The monoisotopic (exact) mass is 275 g/mol. The van der Waals surface area contributed by atoms with E-state index >= 15 is 0 Å². The molecule has 0 atom stereocenters. The second kappa shape index (κ2) is 8.40. The average molecular weight is 275 g/mol. The summed E-state index contributed by atoms with van der Waals surface area (Å²) < 4.78 is 0. The maximum absolute atomic E-state index is 5.59. The molecule has 112 valence electrons. The van der Waals surface area contributed by atoms with Crippen molar-refractivity contribution >= 4 is 0 Å². The van der Waals surface area contributed by atoms with E-state index in [1.165, 1.54) is 44.5 Å². The van der Waals surface area contributed by atoms with Crippen molar-refractivity contribution in [2.24, 2.45) is 5.73 Å². The Hall–Kier alpha value is -0.900. The predicted molar refractivity (Wildman–Crippen MR) is 85.9 cm³/mol. The second-order valence-corrected chi connectivity index (χ2v) is 5.93. The molecule has 1 aliphatic rings. The Bertz CT molecular complexity index is 358. The topological polar surface area (TPSA) is 32.5 Å². The Balaban J connectivity index is 1.66. The van der Waals surface area contributed by atoms with Crippen LogP contribution in [0.1, 0.15) is 24.8 Å². The van der Waals surface area contributed by atoms with Crippen molar-refractivity contribution in [3.8, 4) is 0 Å². The summed E-state index contributed by atoms with van der Waals surface area (Å²) >= 11 is 0. The quantitative estimate of drug-likeness (QED) is 0.826. The first-order valence-corrected chi connectivity index (χ1v) is 7.96. The van der Waals surface area contributed by atoms with E-state index in [-0.39, 0.29) is 0 Å². The molecule has 0 bridgehead atoms. The lowest BCUT2D eigenvalue weighted by atomic mass is 10.0. The summed E-state index contributed by atoms with van der Waals surface area (Å²) in [4.78, 5) is 5.11. The Kier molecular flexibility index (Phi) is 6.51. The third-order valence-corrected chi connectivity index (χ3v) is 4.45. The van der Waals surface area contributed by atoms with E-state index in [9.17, 15) is 0 Å². The van der Waals surface area contributed by atoms with Crippen LogP contribution in [0, 0.1) is 0 Å². The molecule has 1 aromatic carbocycles. The van der Waals surface area contributed by atoms with Gasteiger partial charge >= 0.3 is 0 Å². The van der Waals surface area contributed by atoms with Crippen LogP contribution in [-0.4, -0.2) is 55.6 Å². The molecule has 1 aromatic rings. The molecule has 1 heterocycles. The molecule has 2 N–H and O–H groups in total. The molecule has 1 fully saturated rings. The van der Waals surface area contributed by atoms with Gasteiger partial charge in [0.1, 0.15) is 0 Å². The first kappa shape index (κ1) is 15.5. The van der Waals surface area contributed by atoms with Crippen LogP contribution in [0.4, 0.5) is 0 Å². The molecule has 0 radical (unpaired) electrons. The van der Waals surface area contributed by atoms with Crippen LogP contribution in [0.2, 0.25) is 0 Å². The highest BCUT2D eigenvalue weighted by Gasteiger charge is 2.21. The fraction of sp³-hybridized carbons (Fsp3) is 0.647. The number of hydrogen-bond donors (Lipinski definition) is 1. The average Bonchev–Trinajstić information content (AvgIpc) is 2.52. The summed E-state index contributed by atoms with van der Waals surface area (Å²) in [5.41, 5.74) is 7.04. The van der Waals surface area contributed by atoms with Crippen molar-refractivity contribution in [2.45, 2.75) is 31.7 Å². The number of piperidine rings is 1. The van der Waals surface area contributed by atoms with E-state index in [0.717, 1.165) is 25.6 Å². The summed E-state index contributed by atoms with van der Waals surface area (Å²) in [5, 5.41) is 0. The van der Waals surface area contributed by atoms with Crippen molar-refractivity contribution in [2.75, 3.05) is 39.8 Å². The normalized spacial score (nSPS) is 17.8. The number of likely N-dealkylation sites (tertiary alicyclic amines) is 1. The van der Waals surface area contributed by atoms with Crippen molar-refractivity contribution in [3.63, 3.8) is 0 Å². The molecule has 20 heavy (non-hydrogen) atoms. The Morgan fingerprint density at radius 1 is 1.20 bits per heavy atom. The molecule has 0 aromatic heterocycles. The molecule has 1 saturated heterocycles. The molecular weight excluding hydrogens is 246 g/mol. The summed E-state index contributed by atoms with van der Waals surface area (Å²) in [5.74, 6) is 0. The van der Waals surface area contributed by atoms with Gasteiger partial charge in [0, 0.05) is 12.6 Å². The summed E-state index contributed by atoms with van der Waals surface area (Å²) in [6, 6.07) is 11.6. The molecule has 0 unspecified atom stereocenters. The molecule has 0 aliphatic carbocycles. The van der Waals surface area contributed by atoms with Gasteiger partial charge in [-0.25, -0.2) is 0 Å². The van der Waals surface area contributed by atoms with E-state index in [2.05, 4.69) is 47.2 Å². The third-order valence-electron chi connectivity index (χ3n) is 4.45. The first-order valence-electron chi connectivity index (χ1n) is 7.96. The van der Waals surface area contributed by atoms with E-state index in [0.29, 0.717) is 0 Å². The summed E-state index contributed by atoms with van der Waals surface area (Å²) in [6.07, 6.45) is 4.89. The van der Waals surface area contributed by atoms with Gasteiger partial charge in [0.25, 0.3) is 0 Å². The molecule has 3 nitrogen and oxygen atoms in total. The van der Waals surface area contributed by atoms with E-state index in [1.54, 1.807) is 0 Å². The van der Waals surface area contributed by atoms with Gasteiger partial charge in [-0.3, -0.25) is 0 Å². The highest BCUT2D eigenvalue weighted by atomic mass is 15.2. The molecule has 2 rings (SSSR count). The maximum atomic E-state index is 5.59. The van der Waals surface area contributed by atoms with Gasteiger partial charge in [0.05, 0.1) is 0 Å². The Labute approximate surface area is 123 Å². The van der Waals surface area contributed by atoms with Crippen LogP contribution < -0.4 is 5.73 Å². The fourth-order valence-electron chi connectivity index (χ4n) is 3.04. The summed E-state index contributed by atoms with van der Waals surface area (Å²) in [7, 11) is 2.25. The molecule has 0 saturated carbocycles. The van der Waals surface area contributed by atoms with Crippen LogP contribution in [0.3, 0.4) is 0 Å². The van der Waals surface area contributed by atoms with Crippen molar-refractivity contribution in [1.29, 1.82) is 0 Å². The number of benzene rings is 1. The van der Waals surface area contributed by atoms with Crippen LogP contribution in [0.5, 0.6) is 0 Å². The molecule has 0 spiro atoms. The van der Waals surface area contributed by atoms with Gasteiger partial charge in [-0.2, -0.15) is 0 Å². The molecular formula is C17H29N3. The van der Waals surface area contributed by atoms with Crippen LogP contribution in [-0.2, 0) is 6.42 Å². The lowest BCUT2D eigenvalue weighted by Crippen LogP contribution is -2.44. The van der Waals surface area contributed by atoms with Gasteiger partial charge in [-0.1, -0.05) is 30.3 Å². The number of nitrogens with two attached hydrogens (primary N) is 1. The van der Waals surface area contributed by atoms with Gasteiger partial charge in [-0.15, -0.1) is 0 Å². The third kappa shape index (κ3) is 4.89. The highest BCUT2D eigenvalue weighted by molar-refractivity contribution is 5.14. The van der Waals surface area contributed by atoms with Gasteiger partial charge in [0.2, 0.25) is 0 Å². The van der Waals surface area contributed by atoms with E-state index in [4.69, 9.17) is 5.73 Å². The van der Waals surface area contributed by atoms with Crippen LogP contribution in [0.15, 0.2) is 30.3 Å². The Morgan fingerprint density at radius 3 is 2.55 bits per heavy atom. The number of hydrogen-bond acceptors (Lipinski definition) is 3.